The summed E-state index contributed by atoms with van der Waals surface area (Å²) in [5, 5.41) is 0. The summed E-state index contributed by atoms with van der Waals surface area (Å²) >= 11 is 0. The van der Waals surface area contributed by atoms with Crippen LogP contribution in [-0.4, -0.2) is 19.1 Å². The van der Waals surface area contributed by atoms with Gasteiger partial charge < -0.3 is 0 Å². The van der Waals surface area contributed by atoms with E-state index in [0.29, 0.717) is 6.42 Å². The third-order valence-corrected chi connectivity index (χ3v) is 2.32. The number of unbranched alkanes of at least 4 members (excludes halogenated alkanes) is 3. The third kappa shape index (κ3) is 9.79. The normalized spacial score (nSPS) is 14.4. The average Bonchev–Trinajstić information content (AvgIpc) is 1.94. The van der Waals surface area contributed by atoms with Crippen LogP contribution in [0.25, 0.3) is 0 Å². The van der Waals surface area contributed by atoms with E-state index in [-0.39, 0.29) is 0 Å². The van der Waals surface area contributed by atoms with Gasteiger partial charge in [-0.15, -0.1) is 0 Å². The van der Waals surface area contributed by atoms with E-state index in [1.807, 2.05) is 0 Å². The fraction of sp³-hybridized carbons (Fsp3) is 1.00. The summed E-state index contributed by atoms with van der Waals surface area (Å²) in [5.41, 5.74) is 0. The maximum Gasteiger partial charge on any atom is 0.397 e. The van der Waals surface area contributed by atoms with Crippen LogP contribution in [0.3, 0.4) is 0 Å². The molecule has 4 nitrogen and oxygen atoms in total. The van der Waals surface area contributed by atoms with Crippen LogP contribution in [0.2, 0.25) is 0 Å². The lowest BCUT2D eigenvalue weighted by Crippen LogP contribution is -2.14. The van der Waals surface area contributed by atoms with E-state index in [1.165, 1.54) is 0 Å². The molecule has 0 aromatic heterocycles. The molecular weight excluding hydrogens is 192 g/mol. The zero-order valence-corrected chi connectivity index (χ0v) is 9.01. The SMILES string of the molecule is CCCCCC[C@@H](C)OS(=O)(=O)O. The zero-order valence-electron chi connectivity index (χ0n) is 8.19. The highest BCUT2D eigenvalue weighted by Gasteiger charge is 2.11. The van der Waals surface area contributed by atoms with Gasteiger partial charge in [0.15, 0.2) is 0 Å². The van der Waals surface area contributed by atoms with Crippen LogP contribution >= 0.6 is 0 Å². The van der Waals surface area contributed by atoms with E-state index < -0.39 is 16.5 Å². The van der Waals surface area contributed by atoms with Crippen molar-refractivity contribution in [3.63, 3.8) is 0 Å². The first-order valence-corrected chi connectivity index (χ1v) is 5.98. The van der Waals surface area contributed by atoms with Gasteiger partial charge in [0, 0.05) is 0 Å². The van der Waals surface area contributed by atoms with E-state index in [1.54, 1.807) is 6.92 Å². The molecule has 1 N–H and O–H groups in total. The monoisotopic (exact) mass is 210 g/mol. The van der Waals surface area contributed by atoms with Gasteiger partial charge in [0.1, 0.15) is 0 Å². The summed E-state index contributed by atoms with van der Waals surface area (Å²) in [5.74, 6) is 0. The molecule has 0 amide bonds. The molecule has 0 aliphatic carbocycles. The molecule has 0 aromatic carbocycles. The van der Waals surface area contributed by atoms with Crippen molar-refractivity contribution < 1.29 is 17.2 Å². The van der Waals surface area contributed by atoms with Gasteiger partial charge in [-0.05, 0) is 13.3 Å². The van der Waals surface area contributed by atoms with E-state index in [2.05, 4.69) is 11.1 Å². The Labute approximate surface area is 80.2 Å². The Morgan fingerprint density at radius 2 is 1.92 bits per heavy atom. The van der Waals surface area contributed by atoms with Crippen molar-refractivity contribution in [3.05, 3.63) is 0 Å². The van der Waals surface area contributed by atoms with Crippen LogP contribution in [0.5, 0.6) is 0 Å². The molecule has 0 heterocycles. The van der Waals surface area contributed by atoms with Crippen molar-refractivity contribution in [2.45, 2.75) is 52.1 Å². The predicted molar refractivity (Wildman–Crippen MR) is 50.9 cm³/mol. The van der Waals surface area contributed by atoms with Crippen molar-refractivity contribution in [1.82, 2.24) is 0 Å². The molecule has 0 aromatic rings. The standard InChI is InChI=1S/C8H18O4S/c1-3-4-5-6-7-8(2)12-13(9,10)11/h8H,3-7H2,1-2H3,(H,9,10,11)/t8-/m1/s1. The quantitative estimate of drug-likeness (QED) is 0.516. The Kier molecular flexibility index (Phi) is 6.28. The molecule has 0 bridgehead atoms. The number of rotatable bonds is 7. The molecule has 5 heteroatoms. The van der Waals surface area contributed by atoms with Gasteiger partial charge in [-0.1, -0.05) is 32.6 Å². The molecule has 0 saturated carbocycles. The van der Waals surface area contributed by atoms with Gasteiger partial charge in [-0.3, -0.25) is 4.55 Å². The number of hydrogen-bond acceptors (Lipinski definition) is 3. The first-order valence-electron chi connectivity index (χ1n) is 4.61. The molecule has 0 aliphatic rings. The van der Waals surface area contributed by atoms with Crippen LogP contribution in [0.1, 0.15) is 46.0 Å². The lowest BCUT2D eigenvalue weighted by atomic mass is 10.1. The Balaban J connectivity index is 3.47. The van der Waals surface area contributed by atoms with Crippen LogP contribution in [0, 0.1) is 0 Å². The lowest BCUT2D eigenvalue weighted by molar-refractivity contribution is 0.185. The van der Waals surface area contributed by atoms with Crippen LogP contribution in [0.15, 0.2) is 0 Å². The molecule has 0 spiro atoms. The minimum absolute atomic E-state index is 0.424. The van der Waals surface area contributed by atoms with Crippen molar-refractivity contribution in [1.29, 1.82) is 0 Å². The van der Waals surface area contributed by atoms with E-state index >= 15 is 0 Å². The molecule has 0 radical (unpaired) electrons. The van der Waals surface area contributed by atoms with Crippen LogP contribution in [-0.2, 0) is 14.6 Å². The summed E-state index contributed by atoms with van der Waals surface area (Å²) in [6, 6.07) is 0. The van der Waals surface area contributed by atoms with Gasteiger partial charge in [0.05, 0.1) is 6.10 Å². The summed E-state index contributed by atoms with van der Waals surface area (Å²) < 4.78 is 33.2. The number of hydrogen-bond donors (Lipinski definition) is 1. The van der Waals surface area contributed by atoms with Gasteiger partial charge in [0.2, 0.25) is 0 Å². The molecular formula is C8H18O4S. The highest BCUT2D eigenvalue weighted by molar-refractivity contribution is 7.80. The highest BCUT2D eigenvalue weighted by atomic mass is 32.3. The topological polar surface area (TPSA) is 63.6 Å². The Morgan fingerprint density at radius 3 is 2.38 bits per heavy atom. The minimum atomic E-state index is -4.27. The smallest absolute Gasteiger partial charge is 0.264 e. The fourth-order valence-corrected chi connectivity index (χ4v) is 1.63. The summed E-state index contributed by atoms with van der Waals surface area (Å²) in [4.78, 5) is 0. The van der Waals surface area contributed by atoms with E-state index in [9.17, 15) is 8.42 Å². The summed E-state index contributed by atoms with van der Waals surface area (Å²) in [6.07, 6.45) is 4.55. The third-order valence-electron chi connectivity index (χ3n) is 1.75. The van der Waals surface area contributed by atoms with Crippen molar-refractivity contribution >= 4 is 10.4 Å². The molecule has 0 aliphatic heterocycles. The Bertz CT molecular complexity index is 210. The van der Waals surface area contributed by atoms with Gasteiger partial charge in [-0.2, -0.15) is 8.42 Å². The molecule has 0 fully saturated rings. The van der Waals surface area contributed by atoms with Crippen molar-refractivity contribution in [2.75, 3.05) is 0 Å². The summed E-state index contributed by atoms with van der Waals surface area (Å²) in [6.45, 7) is 3.75. The molecule has 0 unspecified atom stereocenters. The van der Waals surface area contributed by atoms with Crippen LogP contribution < -0.4 is 0 Å². The van der Waals surface area contributed by atoms with Crippen molar-refractivity contribution in [3.8, 4) is 0 Å². The van der Waals surface area contributed by atoms with Gasteiger partial charge in [0.25, 0.3) is 0 Å². The predicted octanol–water partition coefficient (Wildman–Crippen LogP) is 2.16. The fourth-order valence-electron chi connectivity index (χ4n) is 1.11. The first-order chi connectivity index (χ1) is 5.95. The zero-order chi connectivity index (χ0) is 10.3. The molecule has 0 rings (SSSR count). The Morgan fingerprint density at radius 1 is 1.31 bits per heavy atom. The van der Waals surface area contributed by atoms with Gasteiger partial charge in [-0.25, -0.2) is 4.18 Å². The molecule has 0 saturated heterocycles. The van der Waals surface area contributed by atoms with Gasteiger partial charge >= 0.3 is 10.4 Å². The molecule has 80 valence electrons. The molecule has 13 heavy (non-hydrogen) atoms. The minimum Gasteiger partial charge on any atom is -0.264 e. The lowest BCUT2D eigenvalue weighted by Gasteiger charge is -2.08. The second kappa shape index (κ2) is 6.34. The summed E-state index contributed by atoms with van der Waals surface area (Å²) in [7, 11) is -4.27. The van der Waals surface area contributed by atoms with Crippen LogP contribution in [0.4, 0.5) is 0 Å². The second-order valence-electron chi connectivity index (χ2n) is 3.18. The first kappa shape index (κ1) is 12.9. The van der Waals surface area contributed by atoms with E-state index in [0.717, 1.165) is 25.7 Å². The largest absolute Gasteiger partial charge is 0.397 e. The Hall–Kier alpha value is -0.130. The second-order valence-corrected chi connectivity index (χ2v) is 4.23. The van der Waals surface area contributed by atoms with Crippen molar-refractivity contribution in [2.24, 2.45) is 0 Å². The maximum atomic E-state index is 10.3. The average molecular weight is 210 g/mol. The van der Waals surface area contributed by atoms with E-state index in [4.69, 9.17) is 4.55 Å². The highest BCUT2D eigenvalue weighted by Crippen LogP contribution is 2.09. The maximum absolute atomic E-state index is 10.3. The molecule has 1 atom stereocenters.